The van der Waals surface area contributed by atoms with Crippen LogP contribution in [0.3, 0.4) is 0 Å². The number of methoxy groups -OCH3 is 1. The van der Waals surface area contributed by atoms with E-state index in [1.165, 1.54) is 13.2 Å². The van der Waals surface area contributed by atoms with Crippen LogP contribution in [-0.4, -0.2) is 42.8 Å². The Bertz CT molecular complexity index is 658. The summed E-state index contributed by atoms with van der Waals surface area (Å²) in [5, 5.41) is 13.2. The Morgan fingerprint density at radius 1 is 1.36 bits per heavy atom. The number of hydrogen-bond donors (Lipinski definition) is 1. The Morgan fingerprint density at radius 3 is 2.56 bits per heavy atom. The number of nitrogens with zero attached hydrogens (tertiary/aromatic N) is 1. The number of rotatable bonds is 9. The van der Waals surface area contributed by atoms with Gasteiger partial charge in [0, 0.05) is 12.1 Å². The van der Waals surface area contributed by atoms with Crippen molar-refractivity contribution >= 4 is 23.9 Å². The molecule has 0 aromatic heterocycles. The second kappa shape index (κ2) is 9.36. The third kappa shape index (κ3) is 6.21. The predicted octanol–water partition coefficient (Wildman–Crippen LogP) is 1.49. The largest absolute Gasteiger partial charge is 0.483 e. The van der Waals surface area contributed by atoms with Crippen LogP contribution < -0.4 is 10.1 Å². The molecule has 0 aliphatic heterocycles. The maximum absolute atomic E-state index is 12.0. The lowest BCUT2D eigenvalue weighted by Gasteiger charge is -2.18. The number of carbonyl (C=O) groups excluding carboxylic acids is 3. The number of esters is 1. The number of carbonyl (C=O) groups is 3. The quantitative estimate of drug-likeness (QED) is 0.309. The van der Waals surface area contributed by atoms with Gasteiger partial charge in [-0.15, -0.1) is 0 Å². The number of hydrogen-bond acceptors (Lipinski definition) is 7. The van der Waals surface area contributed by atoms with Gasteiger partial charge in [0.05, 0.1) is 17.6 Å². The molecular weight excluding hydrogens is 332 g/mol. The van der Waals surface area contributed by atoms with E-state index < -0.39 is 29.4 Å². The highest BCUT2D eigenvalue weighted by Gasteiger charge is 2.23. The number of nitro groups is 1. The van der Waals surface area contributed by atoms with Gasteiger partial charge < -0.3 is 14.8 Å². The average molecular weight is 352 g/mol. The lowest BCUT2D eigenvalue weighted by molar-refractivity contribution is -0.384. The standard InChI is InChI=1S/C16H20N2O7/c1-10(2)6-13(16(21)24-3)17-15(20)9-25-14-5-4-12(18(22)23)7-11(14)8-19/h4-5,7-8,10,13H,6,9H2,1-3H3,(H,17,20)/t13-/m0/s1. The van der Waals surface area contributed by atoms with Crippen LogP contribution in [0, 0.1) is 16.0 Å². The van der Waals surface area contributed by atoms with Crippen LogP contribution in [0.5, 0.6) is 5.75 Å². The van der Waals surface area contributed by atoms with Gasteiger partial charge in [-0.2, -0.15) is 0 Å². The lowest BCUT2D eigenvalue weighted by atomic mass is 10.0. The molecule has 1 aromatic carbocycles. The number of non-ortho nitro benzene ring substituents is 1. The van der Waals surface area contributed by atoms with E-state index in [9.17, 15) is 24.5 Å². The smallest absolute Gasteiger partial charge is 0.328 e. The molecule has 0 saturated carbocycles. The number of benzene rings is 1. The van der Waals surface area contributed by atoms with E-state index in [1.54, 1.807) is 0 Å². The van der Waals surface area contributed by atoms with Crippen molar-refractivity contribution in [2.45, 2.75) is 26.3 Å². The van der Waals surface area contributed by atoms with Gasteiger partial charge in [0.25, 0.3) is 11.6 Å². The normalized spacial score (nSPS) is 11.5. The van der Waals surface area contributed by atoms with E-state index in [-0.39, 0.29) is 22.9 Å². The first kappa shape index (κ1) is 20.1. The monoisotopic (exact) mass is 352 g/mol. The molecule has 1 atom stereocenters. The maximum atomic E-state index is 12.0. The Labute approximate surface area is 144 Å². The Hall–Kier alpha value is -2.97. The summed E-state index contributed by atoms with van der Waals surface area (Å²) in [6.07, 6.45) is 0.797. The number of nitrogens with one attached hydrogen (secondary N) is 1. The van der Waals surface area contributed by atoms with Crippen LogP contribution in [0.25, 0.3) is 0 Å². The Balaban J connectivity index is 2.73. The molecule has 0 bridgehead atoms. The fourth-order valence-electron chi connectivity index (χ4n) is 2.08. The molecule has 0 saturated heterocycles. The number of aldehydes is 1. The van der Waals surface area contributed by atoms with Crippen molar-refractivity contribution < 1.29 is 28.8 Å². The molecule has 0 radical (unpaired) electrons. The summed E-state index contributed by atoms with van der Waals surface area (Å²) in [6.45, 7) is 3.34. The maximum Gasteiger partial charge on any atom is 0.328 e. The summed E-state index contributed by atoms with van der Waals surface area (Å²) < 4.78 is 9.87. The third-order valence-electron chi connectivity index (χ3n) is 3.22. The molecular formula is C16H20N2O7. The third-order valence-corrected chi connectivity index (χ3v) is 3.22. The number of amides is 1. The molecule has 0 aliphatic carbocycles. The van der Waals surface area contributed by atoms with Gasteiger partial charge in [0.2, 0.25) is 0 Å². The van der Waals surface area contributed by atoms with Crippen molar-refractivity contribution in [3.63, 3.8) is 0 Å². The van der Waals surface area contributed by atoms with Crippen LogP contribution in [-0.2, 0) is 14.3 Å². The Kier molecular flexibility index (Phi) is 7.51. The predicted molar refractivity (Wildman–Crippen MR) is 87.4 cm³/mol. The summed E-state index contributed by atoms with van der Waals surface area (Å²) in [6, 6.07) is 2.65. The van der Waals surface area contributed by atoms with E-state index in [0.29, 0.717) is 12.7 Å². The number of ether oxygens (including phenoxy) is 2. The highest BCUT2D eigenvalue weighted by Crippen LogP contribution is 2.22. The highest BCUT2D eigenvalue weighted by molar-refractivity contribution is 5.85. The molecule has 25 heavy (non-hydrogen) atoms. The van der Waals surface area contributed by atoms with Gasteiger partial charge in [0.1, 0.15) is 11.8 Å². The zero-order valence-electron chi connectivity index (χ0n) is 14.2. The van der Waals surface area contributed by atoms with E-state index in [0.717, 1.165) is 12.1 Å². The first-order valence-corrected chi connectivity index (χ1v) is 7.52. The van der Waals surface area contributed by atoms with Gasteiger partial charge in [0.15, 0.2) is 12.9 Å². The molecule has 0 fully saturated rings. The molecule has 136 valence electrons. The lowest BCUT2D eigenvalue weighted by Crippen LogP contribution is -2.44. The number of nitro benzene ring substituents is 1. The van der Waals surface area contributed by atoms with Crippen LogP contribution in [0.15, 0.2) is 18.2 Å². The summed E-state index contributed by atoms with van der Waals surface area (Å²) in [4.78, 5) is 44.7. The zero-order chi connectivity index (χ0) is 19.0. The Morgan fingerprint density at radius 2 is 2.04 bits per heavy atom. The molecule has 0 aliphatic rings. The van der Waals surface area contributed by atoms with Crippen molar-refractivity contribution in [3.8, 4) is 5.75 Å². The SMILES string of the molecule is COC(=O)[C@H](CC(C)C)NC(=O)COc1ccc([N+](=O)[O-])cc1C=O. The fourth-order valence-corrected chi connectivity index (χ4v) is 2.08. The fraction of sp³-hybridized carbons (Fsp3) is 0.438. The zero-order valence-corrected chi connectivity index (χ0v) is 14.2. The molecule has 1 aromatic rings. The molecule has 1 amide bonds. The van der Waals surface area contributed by atoms with Crippen molar-refractivity contribution in [2.24, 2.45) is 5.92 Å². The minimum Gasteiger partial charge on any atom is -0.483 e. The van der Waals surface area contributed by atoms with E-state index in [1.807, 2.05) is 13.8 Å². The first-order valence-electron chi connectivity index (χ1n) is 7.52. The van der Waals surface area contributed by atoms with Crippen LogP contribution in [0.1, 0.15) is 30.6 Å². The van der Waals surface area contributed by atoms with Gasteiger partial charge in [-0.25, -0.2) is 4.79 Å². The van der Waals surface area contributed by atoms with E-state index in [4.69, 9.17) is 4.74 Å². The van der Waals surface area contributed by atoms with Gasteiger partial charge in [-0.3, -0.25) is 19.7 Å². The molecule has 1 rings (SSSR count). The van der Waals surface area contributed by atoms with Gasteiger partial charge >= 0.3 is 5.97 Å². The van der Waals surface area contributed by atoms with E-state index >= 15 is 0 Å². The van der Waals surface area contributed by atoms with Crippen LogP contribution >= 0.6 is 0 Å². The average Bonchev–Trinajstić information content (AvgIpc) is 2.57. The minimum absolute atomic E-state index is 0.0363. The highest BCUT2D eigenvalue weighted by atomic mass is 16.6. The van der Waals surface area contributed by atoms with Crippen molar-refractivity contribution in [3.05, 3.63) is 33.9 Å². The summed E-state index contributed by atoms with van der Waals surface area (Å²) in [5.74, 6) is -0.951. The van der Waals surface area contributed by atoms with E-state index in [2.05, 4.69) is 10.1 Å². The molecule has 9 heteroatoms. The first-order chi connectivity index (χ1) is 11.8. The van der Waals surface area contributed by atoms with Gasteiger partial charge in [-0.1, -0.05) is 13.8 Å². The second-order valence-corrected chi connectivity index (χ2v) is 5.66. The topological polar surface area (TPSA) is 125 Å². The van der Waals surface area contributed by atoms with Crippen LogP contribution in [0.2, 0.25) is 0 Å². The summed E-state index contributed by atoms with van der Waals surface area (Å²) in [5.41, 5.74) is -0.310. The van der Waals surface area contributed by atoms with Crippen molar-refractivity contribution in [1.29, 1.82) is 0 Å². The molecule has 0 unspecified atom stereocenters. The molecule has 9 nitrogen and oxygen atoms in total. The summed E-state index contributed by atoms with van der Waals surface area (Å²) in [7, 11) is 1.23. The molecule has 0 heterocycles. The van der Waals surface area contributed by atoms with Crippen molar-refractivity contribution in [1.82, 2.24) is 5.32 Å². The summed E-state index contributed by atoms with van der Waals surface area (Å²) >= 11 is 0. The minimum atomic E-state index is -0.802. The van der Waals surface area contributed by atoms with Crippen LogP contribution in [0.4, 0.5) is 5.69 Å². The van der Waals surface area contributed by atoms with Crippen molar-refractivity contribution in [2.75, 3.05) is 13.7 Å². The molecule has 0 spiro atoms. The second-order valence-electron chi connectivity index (χ2n) is 5.66. The molecule has 1 N–H and O–H groups in total. The van der Waals surface area contributed by atoms with Gasteiger partial charge in [-0.05, 0) is 18.4 Å².